The van der Waals surface area contributed by atoms with Gasteiger partial charge in [-0.05, 0) is 22.9 Å². The van der Waals surface area contributed by atoms with Crippen LogP contribution in [0.1, 0.15) is 12.5 Å². The first-order valence-corrected chi connectivity index (χ1v) is 10.1. The van der Waals surface area contributed by atoms with Gasteiger partial charge in [-0.15, -0.1) is 0 Å². The maximum Gasteiger partial charge on any atom is 0.275 e. The second-order valence-corrected chi connectivity index (χ2v) is 7.47. The van der Waals surface area contributed by atoms with E-state index in [2.05, 4.69) is 36.4 Å². The lowest BCUT2D eigenvalue weighted by Crippen LogP contribution is -2.36. The third-order valence-corrected chi connectivity index (χ3v) is 5.41. The third-order valence-electron chi connectivity index (χ3n) is 5.41. The molecule has 0 heterocycles. The summed E-state index contributed by atoms with van der Waals surface area (Å²) in [5.41, 5.74) is 0.950. The molecule has 0 aliphatic carbocycles. The predicted molar refractivity (Wildman–Crippen MR) is 123 cm³/mol. The molecule has 0 saturated heterocycles. The minimum atomic E-state index is -1.00. The van der Waals surface area contributed by atoms with Crippen molar-refractivity contribution in [1.29, 1.82) is 0 Å². The number of fused-ring (bicyclic) bond motifs is 2. The average Bonchev–Trinajstić information content (AvgIpc) is 2.80. The van der Waals surface area contributed by atoms with Gasteiger partial charge in [-0.2, -0.15) is 0 Å². The Balaban J connectivity index is 1.63. The maximum atomic E-state index is 6.63. The van der Waals surface area contributed by atoms with Crippen LogP contribution >= 0.6 is 0 Å². The Morgan fingerprint density at radius 1 is 0.467 bits per heavy atom. The van der Waals surface area contributed by atoms with E-state index in [1.807, 2.05) is 85.8 Å². The lowest BCUT2D eigenvalue weighted by atomic mass is 10.1. The molecule has 0 aliphatic heterocycles. The Kier molecular flexibility index (Phi) is 4.61. The van der Waals surface area contributed by atoms with Crippen molar-refractivity contribution in [2.24, 2.45) is 0 Å². The summed E-state index contributed by atoms with van der Waals surface area (Å²) in [5, 5.41) is 4.39. The Labute approximate surface area is 176 Å². The molecule has 0 aliphatic rings. The van der Waals surface area contributed by atoms with E-state index in [-0.39, 0.29) is 0 Å². The van der Waals surface area contributed by atoms with Crippen LogP contribution in [0.2, 0.25) is 0 Å². The van der Waals surface area contributed by atoms with Gasteiger partial charge >= 0.3 is 0 Å². The second-order valence-electron chi connectivity index (χ2n) is 7.47. The van der Waals surface area contributed by atoms with Gasteiger partial charge in [0, 0.05) is 23.3 Å². The summed E-state index contributed by atoms with van der Waals surface area (Å²) >= 11 is 0. The van der Waals surface area contributed by atoms with Crippen LogP contribution in [-0.2, 0) is 5.79 Å². The molecule has 30 heavy (non-hydrogen) atoms. The summed E-state index contributed by atoms with van der Waals surface area (Å²) in [6.07, 6.45) is 0. The summed E-state index contributed by atoms with van der Waals surface area (Å²) in [5.74, 6) is 0.578. The summed E-state index contributed by atoms with van der Waals surface area (Å²) in [6.45, 7) is 1.98. The van der Waals surface area contributed by atoms with Crippen molar-refractivity contribution in [2.45, 2.75) is 12.7 Å². The highest BCUT2D eigenvalue weighted by Crippen LogP contribution is 2.37. The minimum absolute atomic E-state index is 0.791. The molecule has 0 fully saturated rings. The van der Waals surface area contributed by atoms with Crippen molar-refractivity contribution in [3.63, 3.8) is 0 Å². The van der Waals surface area contributed by atoms with E-state index < -0.39 is 5.79 Å². The normalized spacial score (nSPS) is 11.5. The van der Waals surface area contributed by atoms with Crippen LogP contribution in [0.5, 0.6) is 11.5 Å². The van der Waals surface area contributed by atoms with Crippen molar-refractivity contribution in [3.05, 3.63) is 121 Å². The molecule has 5 rings (SSSR count). The molecule has 0 bridgehead atoms. The molecular formula is C28H22O2. The van der Waals surface area contributed by atoms with Crippen LogP contribution in [0.4, 0.5) is 0 Å². The van der Waals surface area contributed by atoms with Crippen molar-refractivity contribution < 1.29 is 9.47 Å². The molecule has 2 heteroatoms. The van der Waals surface area contributed by atoms with Gasteiger partial charge in [-0.3, -0.25) is 0 Å². The van der Waals surface area contributed by atoms with Gasteiger partial charge < -0.3 is 9.47 Å². The lowest BCUT2D eigenvalue weighted by molar-refractivity contribution is -0.103. The highest BCUT2D eigenvalue weighted by atomic mass is 16.7. The van der Waals surface area contributed by atoms with E-state index in [4.69, 9.17) is 9.47 Å². The van der Waals surface area contributed by atoms with Gasteiger partial charge in [0.25, 0.3) is 5.79 Å². The summed E-state index contributed by atoms with van der Waals surface area (Å²) in [7, 11) is 0. The molecule has 0 N–H and O–H groups in total. The van der Waals surface area contributed by atoms with E-state index in [9.17, 15) is 0 Å². The molecule has 0 saturated carbocycles. The monoisotopic (exact) mass is 390 g/mol. The molecule has 0 amide bonds. The highest BCUT2D eigenvalue weighted by molar-refractivity contribution is 5.89. The third kappa shape index (κ3) is 3.37. The molecule has 5 aromatic rings. The fourth-order valence-corrected chi connectivity index (χ4v) is 3.87. The minimum Gasteiger partial charge on any atom is -0.448 e. The number of hydrogen-bond acceptors (Lipinski definition) is 2. The van der Waals surface area contributed by atoms with Crippen molar-refractivity contribution in [2.75, 3.05) is 0 Å². The van der Waals surface area contributed by atoms with Crippen molar-refractivity contribution >= 4 is 21.5 Å². The number of hydrogen-bond donors (Lipinski definition) is 0. The van der Waals surface area contributed by atoms with E-state index in [1.54, 1.807) is 0 Å². The van der Waals surface area contributed by atoms with Gasteiger partial charge in [0.05, 0.1) is 0 Å². The first kappa shape index (κ1) is 18.3. The molecule has 0 spiro atoms. The maximum absolute atomic E-state index is 6.63. The first-order valence-electron chi connectivity index (χ1n) is 10.1. The van der Waals surface area contributed by atoms with Crippen molar-refractivity contribution in [1.82, 2.24) is 0 Å². The van der Waals surface area contributed by atoms with E-state index in [0.29, 0.717) is 0 Å². The van der Waals surface area contributed by atoms with Crippen LogP contribution in [0.25, 0.3) is 21.5 Å². The average molecular weight is 390 g/mol. The fraction of sp³-hybridized carbons (Fsp3) is 0.0714. The van der Waals surface area contributed by atoms with E-state index in [0.717, 1.165) is 38.6 Å². The molecular weight excluding hydrogens is 368 g/mol. The number of benzene rings is 5. The van der Waals surface area contributed by atoms with Gasteiger partial charge in [0.2, 0.25) is 0 Å². The van der Waals surface area contributed by atoms with Gasteiger partial charge in [0.15, 0.2) is 0 Å². The van der Waals surface area contributed by atoms with Gasteiger partial charge in [0.1, 0.15) is 11.5 Å². The Morgan fingerprint density at radius 2 is 0.900 bits per heavy atom. The van der Waals surface area contributed by atoms with Gasteiger partial charge in [-0.25, -0.2) is 0 Å². The first-order chi connectivity index (χ1) is 14.7. The zero-order valence-electron chi connectivity index (χ0n) is 16.8. The largest absolute Gasteiger partial charge is 0.448 e. The van der Waals surface area contributed by atoms with Crippen LogP contribution < -0.4 is 9.47 Å². The van der Waals surface area contributed by atoms with Gasteiger partial charge in [-0.1, -0.05) is 103 Å². The highest BCUT2D eigenvalue weighted by Gasteiger charge is 2.32. The number of rotatable bonds is 5. The Morgan fingerprint density at radius 3 is 1.43 bits per heavy atom. The molecule has 2 nitrogen and oxygen atoms in total. The molecule has 146 valence electrons. The lowest BCUT2D eigenvalue weighted by Gasteiger charge is -2.32. The van der Waals surface area contributed by atoms with E-state index in [1.165, 1.54) is 0 Å². The van der Waals surface area contributed by atoms with Crippen LogP contribution in [0.15, 0.2) is 115 Å². The molecule has 0 radical (unpaired) electrons. The zero-order valence-corrected chi connectivity index (χ0v) is 16.8. The second kappa shape index (κ2) is 7.57. The standard InChI is InChI=1S/C28H22O2/c1-28(23-15-3-2-4-16-23,29-26-19-9-13-21-11-5-7-17-24(21)26)30-27-20-10-14-22-12-6-8-18-25(22)27/h2-20H,1H3. The number of ether oxygens (including phenoxy) is 2. The molecule has 0 unspecified atom stereocenters. The summed E-state index contributed by atoms with van der Waals surface area (Å²) in [4.78, 5) is 0. The molecule has 0 aromatic heterocycles. The zero-order chi connectivity index (χ0) is 20.4. The van der Waals surface area contributed by atoms with Crippen LogP contribution in [0, 0.1) is 0 Å². The SMILES string of the molecule is CC(Oc1cccc2ccccc12)(Oc1cccc2ccccc12)c1ccccc1. The smallest absolute Gasteiger partial charge is 0.275 e. The molecule has 0 atom stereocenters. The van der Waals surface area contributed by atoms with Crippen LogP contribution in [0.3, 0.4) is 0 Å². The molecule has 5 aromatic carbocycles. The fourth-order valence-electron chi connectivity index (χ4n) is 3.87. The van der Waals surface area contributed by atoms with E-state index >= 15 is 0 Å². The van der Waals surface area contributed by atoms with Crippen molar-refractivity contribution in [3.8, 4) is 11.5 Å². The topological polar surface area (TPSA) is 18.5 Å². The Bertz CT molecular complexity index is 1220. The van der Waals surface area contributed by atoms with Crippen LogP contribution in [-0.4, -0.2) is 0 Å². The Hall–Kier alpha value is -3.78. The summed E-state index contributed by atoms with van der Waals surface area (Å²) in [6, 6.07) is 38.8. The quantitative estimate of drug-likeness (QED) is 0.293. The summed E-state index contributed by atoms with van der Waals surface area (Å²) < 4.78 is 13.3. The predicted octanol–water partition coefficient (Wildman–Crippen LogP) is 7.32.